The fourth-order valence-electron chi connectivity index (χ4n) is 4.25. The van der Waals surface area contributed by atoms with Crippen LogP contribution in [0.4, 0.5) is 0 Å². The van der Waals surface area contributed by atoms with E-state index < -0.39 is 10.1 Å². The van der Waals surface area contributed by atoms with Gasteiger partial charge >= 0.3 is 0 Å². The number of nitrogens with zero attached hydrogens (tertiary/aromatic N) is 1. The number of rotatable bonds is 13. The predicted octanol–water partition coefficient (Wildman–Crippen LogP) is 3.62. The highest BCUT2D eigenvalue weighted by atomic mass is 32.2. The molecule has 27 heavy (non-hydrogen) atoms. The largest absolute Gasteiger partial charge is 0.383 e. The number of hydrazine groups is 1. The van der Waals surface area contributed by atoms with Gasteiger partial charge in [-0.2, -0.15) is 8.42 Å². The Kier molecular flexibility index (Phi) is 10.6. The van der Waals surface area contributed by atoms with Gasteiger partial charge in [0.15, 0.2) is 0 Å². The first-order chi connectivity index (χ1) is 13.0. The maximum atomic E-state index is 12.3. The average molecular weight is 405 g/mol. The molecule has 1 heterocycles. The van der Waals surface area contributed by atoms with Gasteiger partial charge in [-0.05, 0) is 44.9 Å². The van der Waals surface area contributed by atoms with Crippen LogP contribution in [0.15, 0.2) is 0 Å². The average Bonchev–Trinajstić information content (AvgIpc) is 3.07. The van der Waals surface area contributed by atoms with E-state index in [-0.39, 0.29) is 11.9 Å². The van der Waals surface area contributed by atoms with Crippen LogP contribution in [-0.4, -0.2) is 57.6 Å². The van der Waals surface area contributed by atoms with Crippen LogP contribution < -0.4 is 5.43 Å². The van der Waals surface area contributed by atoms with Crippen LogP contribution in [0, 0.1) is 0 Å². The summed E-state index contributed by atoms with van der Waals surface area (Å²) in [5, 5.41) is 2.32. The zero-order chi connectivity index (χ0) is 19.5. The van der Waals surface area contributed by atoms with Gasteiger partial charge < -0.3 is 4.74 Å². The monoisotopic (exact) mass is 404 g/mol. The number of hydrogen-bond donors (Lipinski definition) is 1. The summed E-state index contributed by atoms with van der Waals surface area (Å²) in [5.41, 5.74) is 3.67. The van der Waals surface area contributed by atoms with Crippen LogP contribution in [0.3, 0.4) is 0 Å². The molecule has 1 saturated carbocycles. The summed E-state index contributed by atoms with van der Waals surface area (Å²) in [6.45, 7) is 3.99. The summed E-state index contributed by atoms with van der Waals surface area (Å²) >= 11 is 0. The second-order valence-electron chi connectivity index (χ2n) is 8.17. The first-order valence-electron chi connectivity index (χ1n) is 11.0. The lowest BCUT2D eigenvalue weighted by atomic mass is 9.98. The van der Waals surface area contributed by atoms with Gasteiger partial charge in [0.05, 0.1) is 18.5 Å². The molecule has 0 amide bonds. The van der Waals surface area contributed by atoms with E-state index in [1.54, 1.807) is 7.11 Å². The van der Waals surface area contributed by atoms with Crippen molar-refractivity contribution in [3.05, 3.63) is 0 Å². The van der Waals surface area contributed by atoms with Gasteiger partial charge in [-0.15, -0.1) is 0 Å². The minimum Gasteiger partial charge on any atom is -0.383 e. The molecule has 0 bridgehead atoms. The molecule has 0 aromatic heterocycles. The Hall–Kier alpha value is -0.210. The number of methoxy groups -OCH3 is 1. The standard InChI is InChI=1S/C20H40N2O4S/c1-3-4-10-18(21-22-15-8-12-19(22)17-25-2)11-9-16-27(23,24)26-20-13-6-5-7-14-20/h18-21H,3-17H2,1-2H3/t18-,19+/m1/s1. The summed E-state index contributed by atoms with van der Waals surface area (Å²) in [5.74, 6) is 0.134. The molecule has 0 spiro atoms. The van der Waals surface area contributed by atoms with E-state index in [9.17, 15) is 8.42 Å². The first-order valence-corrected chi connectivity index (χ1v) is 12.5. The Morgan fingerprint density at radius 1 is 1.07 bits per heavy atom. The van der Waals surface area contributed by atoms with Crippen molar-refractivity contribution in [1.29, 1.82) is 0 Å². The minimum absolute atomic E-state index is 0.0860. The molecule has 2 atom stereocenters. The van der Waals surface area contributed by atoms with Crippen LogP contribution in [0.5, 0.6) is 0 Å². The highest BCUT2D eigenvalue weighted by molar-refractivity contribution is 7.86. The second-order valence-corrected chi connectivity index (χ2v) is 9.89. The zero-order valence-electron chi connectivity index (χ0n) is 17.3. The number of unbranched alkanes of at least 4 members (excludes halogenated alkanes) is 1. The molecular formula is C20H40N2O4S. The highest BCUT2D eigenvalue weighted by Crippen LogP contribution is 2.23. The third-order valence-corrected chi connectivity index (χ3v) is 7.13. The molecule has 6 nitrogen and oxygen atoms in total. The summed E-state index contributed by atoms with van der Waals surface area (Å²) in [7, 11) is -1.65. The molecule has 1 N–H and O–H groups in total. The van der Waals surface area contributed by atoms with Crippen LogP contribution in [0.25, 0.3) is 0 Å². The fourth-order valence-corrected chi connectivity index (χ4v) is 5.48. The van der Waals surface area contributed by atoms with E-state index in [4.69, 9.17) is 8.92 Å². The molecule has 0 unspecified atom stereocenters. The Morgan fingerprint density at radius 2 is 1.81 bits per heavy atom. The Bertz CT molecular complexity index is 494. The van der Waals surface area contributed by atoms with Crippen LogP contribution in [-0.2, 0) is 19.0 Å². The van der Waals surface area contributed by atoms with E-state index in [1.807, 2.05) is 0 Å². The van der Waals surface area contributed by atoms with Crippen molar-refractivity contribution < 1.29 is 17.3 Å². The normalized spacial score (nSPS) is 23.7. The van der Waals surface area contributed by atoms with Gasteiger partial charge in [0.2, 0.25) is 0 Å². The van der Waals surface area contributed by atoms with Crippen molar-refractivity contribution in [2.75, 3.05) is 26.0 Å². The van der Waals surface area contributed by atoms with Gasteiger partial charge in [-0.1, -0.05) is 39.0 Å². The Morgan fingerprint density at radius 3 is 2.52 bits per heavy atom. The lowest BCUT2D eigenvalue weighted by Gasteiger charge is -2.30. The van der Waals surface area contributed by atoms with Crippen molar-refractivity contribution in [3.63, 3.8) is 0 Å². The quantitative estimate of drug-likeness (QED) is 0.473. The van der Waals surface area contributed by atoms with Crippen molar-refractivity contribution in [2.24, 2.45) is 0 Å². The second kappa shape index (κ2) is 12.4. The summed E-state index contributed by atoms with van der Waals surface area (Å²) in [4.78, 5) is 0. The summed E-state index contributed by atoms with van der Waals surface area (Å²) in [6.07, 6.45) is 12.3. The molecule has 7 heteroatoms. The zero-order valence-corrected chi connectivity index (χ0v) is 18.1. The molecule has 0 radical (unpaired) electrons. The maximum Gasteiger partial charge on any atom is 0.267 e. The van der Waals surface area contributed by atoms with E-state index in [1.165, 1.54) is 12.8 Å². The number of ether oxygens (including phenoxy) is 1. The van der Waals surface area contributed by atoms with Gasteiger partial charge in [0.1, 0.15) is 0 Å². The van der Waals surface area contributed by atoms with E-state index >= 15 is 0 Å². The van der Waals surface area contributed by atoms with E-state index in [0.717, 1.165) is 70.9 Å². The third kappa shape index (κ3) is 8.77. The molecule has 1 aliphatic carbocycles. The molecule has 1 aliphatic heterocycles. The lowest BCUT2D eigenvalue weighted by Crippen LogP contribution is -2.48. The van der Waals surface area contributed by atoms with Gasteiger partial charge in [-0.25, -0.2) is 5.01 Å². The smallest absolute Gasteiger partial charge is 0.267 e. The molecule has 0 aromatic carbocycles. The molecule has 1 saturated heterocycles. The topological polar surface area (TPSA) is 67.9 Å². The van der Waals surface area contributed by atoms with Crippen LogP contribution >= 0.6 is 0 Å². The number of hydrogen-bond acceptors (Lipinski definition) is 6. The summed E-state index contributed by atoms with van der Waals surface area (Å²) in [6, 6.07) is 0.754. The Labute approximate surface area is 166 Å². The van der Waals surface area contributed by atoms with Crippen molar-refractivity contribution in [1.82, 2.24) is 10.4 Å². The molecule has 2 aliphatic rings. The van der Waals surface area contributed by atoms with Crippen molar-refractivity contribution >= 4 is 10.1 Å². The van der Waals surface area contributed by atoms with E-state index in [2.05, 4.69) is 17.4 Å². The van der Waals surface area contributed by atoms with Gasteiger partial charge in [0.25, 0.3) is 10.1 Å². The number of nitrogens with one attached hydrogen (secondary N) is 1. The van der Waals surface area contributed by atoms with Crippen LogP contribution in [0.2, 0.25) is 0 Å². The lowest BCUT2D eigenvalue weighted by molar-refractivity contribution is 0.0675. The van der Waals surface area contributed by atoms with E-state index in [0.29, 0.717) is 18.5 Å². The van der Waals surface area contributed by atoms with Gasteiger partial charge in [0, 0.05) is 25.7 Å². The SMILES string of the molecule is CCCC[C@H](CCCS(=O)(=O)OC1CCCCC1)NN1CCC[C@H]1COC. The predicted molar refractivity (Wildman–Crippen MR) is 109 cm³/mol. The Balaban J connectivity index is 1.77. The van der Waals surface area contributed by atoms with Crippen LogP contribution in [0.1, 0.15) is 84.0 Å². The van der Waals surface area contributed by atoms with Crippen molar-refractivity contribution in [3.8, 4) is 0 Å². The summed E-state index contributed by atoms with van der Waals surface area (Å²) < 4.78 is 35.4. The molecule has 2 rings (SSSR count). The maximum absolute atomic E-state index is 12.3. The van der Waals surface area contributed by atoms with Crippen molar-refractivity contribution in [2.45, 2.75) is 102 Å². The molecule has 2 fully saturated rings. The minimum atomic E-state index is -3.41. The first kappa shape index (κ1) is 23.1. The third-order valence-electron chi connectivity index (χ3n) is 5.77. The molecule has 160 valence electrons. The molecule has 0 aromatic rings. The highest BCUT2D eigenvalue weighted by Gasteiger charge is 2.27. The van der Waals surface area contributed by atoms with Gasteiger partial charge in [-0.3, -0.25) is 9.61 Å². The molecular weight excluding hydrogens is 364 g/mol. The fraction of sp³-hybridized carbons (Fsp3) is 1.00.